The molecule has 10 heteroatoms. The second-order valence-corrected chi connectivity index (χ2v) is 13.0. The number of fused-ring (bicyclic) bond motifs is 1. The molecule has 0 fully saturated rings. The van der Waals surface area contributed by atoms with Crippen LogP contribution >= 0.6 is 11.3 Å². The molecule has 36 heavy (non-hydrogen) atoms. The number of sulfonamides is 2. The van der Waals surface area contributed by atoms with Crippen LogP contribution in [0.4, 0.5) is 5.69 Å². The van der Waals surface area contributed by atoms with Gasteiger partial charge in [-0.25, -0.2) is 8.42 Å². The van der Waals surface area contributed by atoms with Crippen LogP contribution in [-0.2, 0) is 26.5 Å². The fourth-order valence-corrected chi connectivity index (χ4v) is 9.06. The molecular formula is C26H22N2O5S3. The zero-order valence-electron chi connectivity index (χ0n) is 19.2. The van der Waals surface area contributed by atoms with Gasteiger partial charge in [-0.15, -0.1) is 11.3 Å². The van der Waals surface area contributed by atoms with Crippen LogP contribution in [0.2, 0.25) is 0 Å². The van der Waals surface area contributed by atoms with Crippen LogP contribution in [0.3, 0.4) is 0 Å². The van der Waals surface area contributed by atoms with Crippen molar-refractivity contribution in [3.63, 3.8) is 0 Å². The van der Waals surface area contributed by atoms with Crippen LogP contribution in [-0.4, -0.2) is 36.2 Å². The van der Waals surface area contributed by atoms with E-state index in [9.17, 15) is 16.8 Å². The first-order chi connectivity index (χ1) is 17.3. The Bertz CT molecular complexity index is 1650. The summed E-state index contributed by atoms with van der Waals surface area (Å²) >= 11 is 0.942. The Morgan fingerprint density at radius 2 is 1.61 bits per heavy atom. The lowest BCUT2D eigenvalue weighted by Crippen LogP contribution is -2.37. The van der Waals surface area contributed by atoms with Crippen molar-refractivity contribution in [2.75, 3.05) is 17.4 Å². The van der Waals surface area contributed by atoms with E-state index in [4.69, 9.17) is 4.74 Å². The number of anilines is 1. The molecule has 1 aromatic heterocycles. The number of rotatable bonds is 7. The largest absolute Gasteiger partial charge is 0.494 e. The lowest BCUT2D eigenvalue weighted by Gasteiger charge is -2.25. The van der Waals surface area contributed by atoms with E-state index < -0.39 is 20.0 Å². The van der Waals surface area contributed by atoms with Crippen molar-refractivity contribution in [3.05, 3.63) is 107 Å². The van der Waals surface area contributed by atoms with Crippen molar-refractivity contribution in [1.82, 2.24) is 0 Å². The van der Waals surface area contributed by atoms with Crippen LogP contribution in [0.15, 0.2) is 104 Å². The monoisotopic (exact) mass is 538 g/mol. The predicted molar refractivity (Wildman–Crippen MR) is 141 cm³/mol. The Balaban J connectivity index is 1.69. The number of benzene rings is 3. The Labute approximate surface area is 214 Å². The first-order valence-corrected chi connectivity index (χ1v) is 14.8. The highest BCUT2D eigenvalue weighted by atomic mass is 32.3. The molecule has 0 atom stereocenters. The summed E-state index contributed by atoms with van der Waals surface area (Å²) < 4.78 is 60.9. The summed E-state index contributed by atoms with van der Waals surface area (Å²) in [6, 6.07) is 23.1. The maximum atomic E-state index is 13.8. The molecule has 0 spiro atoms. The summed E-state index contributed by atoms with van der Waals surface area (Å²) in [5.74, 6) is 0.0953. The van der Waals surface area contributed by atoms with Gasteiger partial charge in [0.05, 0.1) is 17.7 Å². The first kappa shape index (κ1) is 24.2. The zero-order chi connectivity index (χ0) is 25.3. The normalized spacial score (nSPS) is 13.5. The highest BCUT2D eigenvalue weighted by molar-refractivity contribution is 8.11. The van der Waals surface area contributed by atoms with Gasteiger partial charge in [0.25, 0.3) is 20.0 Å². The highest BCUT2D eigenvalue weighted by Crippen LogP contribution is 2.39. The molecule has 184 valence electrons. The number of nitrogens with zero attached hydrogens (tertiary/aromatic N) is 2. The fraction of sp³-hybridized carbons (Fsp3) is 0.115. The number of hydrogen-bond acceptors (Lipinski definition) is 7. The summed E-state index contributed by atoms with van der Waals surface area (Å²) in [5.41, 5.74) is 3.49. The van der Waals surface area contributed by atoms with Gasteiger partial charge in [0, 0.05) is 17.7 Å². The van der Waals surface area contributed by atoms with Crippen molar-refractivity contribution in [2.45, 2.75) is 15.5 Å². The van der Waals surface area contributed by atoms with E-state index in [-0.39, 0.29) is 20.5 Å². The van der Waals surface area contributed by atoms with Gasteiger partial charge in [0.15, 0.2) is 0 Å². The van der Waals surface area contributed by atoms with Crippen LogP contribution in [0, 0.1) is 0 Å². The van der Waals surface area contributed by atoms with Gasteiger partial charge in [-0.3, -0.25) is 4.99 Å². The third-order valence-electron chi connectivity index (χ3n) is 5.80. The summed E-state index contributed by atoms with van der Waals surface area (Å²) in [5, 5.41) is 1.58. The molecule has 0 saturated carbocycles. The van der Waals surface area contributed by atoms with E-state index in [1.54, 1.807) is 41.8 Å². The van der Waals surface area contributed by atoms with E-state index in [1.807, 2.05) is 18.2 Å². The standard InChI is InChI=1S/C26H22N2O5S3/c1-33-24-18-20(26-22-11-6-5-8-19(22)15-16-27-26)13-14-23(24)28(36(31,32)25-12-7-17-34-25)35(29,30)21-9-3-2-4-10-21/h2-14,17-18H,15-16H2,1H3. The molecule has 1 aliphatic rings. The van der Waals surface area contributed by atoms with Crippen molar-refractivity contribution >= 4 is 42.8 Å². The van der Waals surface area contributed by atoms with Crippen LogP contribution in [0.1, 0.15) is 16.7 Å². The molecule has 0 aliphatic carbocycles. The van der Waals surface area contributed by atoms with E-state index >= 15 is 0 Å². The summed E-state index contributed by atoms with van der Waals surface area (Å²) in [6.45, 7) is 0.623. The zero-order valence-corrected chi connectivity index (χ0v) is 21.7. The minimum atomic E-state index is -4.52. The van der Waals surface area contributed by atoms with E-state index in [0.717, 1.165) is 29.0 Å². The topological polar surface area (TPSA) is 93.1 Å². The fourth-order valence-electron chi connectivity index (χ4n) is 4.13. The molecular weight excluding hydrogens is 516 g/mol. The number of methoxy groups -OCH3 is 1. The van der Waals surface area contributed by atoms with Crippen molar-refractivity contribution in [1.29, 1.82) is 0 Å². The minimum Gasteiger partial charge on any atom is -0.494 e. The maximum Gasteiger partial charge on any atom is 0.287 e. The summed E-state index contributed by atoms with van der Waals surface area (Å²) in [6.07, 6.45) is 0.830. The van der Waals surface area contributed by atoms with Crippen molar-refractivity contribution < 1.29 is 21.6 Å². The van der Waals surface area contributed by atoms with Gasteiger partial charge in [-0.05, 0) is 47.7 Å². The lowest BCUT2D eigenvalue weighted by molar-refractivity contribution is 0.416. The average molecular weight is 539 g/mol. The minimum absolute atomic E-state index is 0.0953. The van der Waals surface area contributed by atoms with Crippen LogP contribution < -0.4 is 8.45 Å². The van der Waals surface area contributed by atoms with Gasteiger partial charge in [-0.2, -0.15) is 12.1 Å². The predicted octanol–water partition coefficient (Wildman–Crippen LogP) is 4.73. The SMILES string of the molecule is COc1cc(C2=NCCc3ccccc32)ccc1N(S(=O)(=O)c1ccccc1)S(=O)(=O)c1cccs1. The molecule has 7 nitrogen and oxygen atoms in total. The summed E-state index contributed by atoms with van der Waals surface area (Å²) in [4.78, 5) is 4.54. The molecule has 0 amide bonds. The second kappa shape index (κ2) is 9.53. The molecule has 0 bridgehead atoms. The molecule has 4 aromatic rings. The van der Waals surface area contributed by atoms with Gasteiger partial charge in [-0.1, -0.05) is 54.6 Å². The smallest absolute Gasteiger partial charge is 0.287 e. The Kier molecular flexibility index (Phi) is 6.42. The van der Waals surface area contributed by atoms with Gasteiger partial charge in [0.1, 0.15) is 15.6 Å². The molecule has 2 heterocycles. The highest BCUT2D eigenvalue weighted by Gasteiger charge is 2.39. The molecule has 1 aliphatic heterocycles. The maximum absolute atomic E-state index is 13.8. The number of ether oxygens (including phenoxy) is 1. The third kappa shape index (κ3) is 4.21. The molecule has 3 aromatic carbocycles. The Morgan fingerprint density at radius 3 is 2.33 bits per heavy atom. The van der Waals surface area contributed by atoms with Crippen LogP contribution in [0.25, 0.3) is 0 Å². The molecule has 0 N–H and O–H groups in total. The van der Waals surface area contributed by atoms with Gasteiger partial charge in [0.2, 0.25) is 0 Å². The van der Waals surface area contributed by atoms with E-state index in [0.29, 0.717) is 15.8 Å². The Morgan fingerprint density at radius 1 is 0.861 bits per heavy atom. The van der Waals surface area contributed by atoms with Crippen molar-refractivity contribution in [3.8, 4) is 5.75 Å². The molecule has 0 saturated heterocycles. The molecule has 0 unspecified atom stereocenters. The number of aliphatic imine (C=N–C) groups is 1. The van der Waals surface area contributed by atoms with Crippen LogP contribution in [0.5, 0.6) is 5.75 Å². The molecule has 5 rings (SSSR count). The first-order valence-electron chi connectivity index (χ1n) is 11.0. The third-order valence-corrected chi connectivity index (χ3v) is 11.3. The van der Waals surface area contributed by atoms with Gasteiger partial charge >= 0.3 is 0 Å². The second-order valence-electron chi connectivity index (χ2n) is 7.98. The number of thiophene rings is 1. The molecule has 0 radical (unpaired) electrons. The Hall–Kier alpha value is -3.47. The number of hydrogen-bond donors (Lipinski definition) is 0. The lowest BCUT2D eigenvalue weighted by atomic mass is 9.93. The quantitative estimate of drug-likeness (QED) is 0.339. The van der Waals surface area contributed by atoms with Crippen molar-refractivity contribution in [2.24, 2.45) is 4.99 Å². The summed E-state index contributed by atoms with van der Waals surface area (Å²) in [7, 11) is -7.62. The average Bonchev–Trinajstić information content (AvgIpc) is 3.45. The van der Waals surface area contributed by atoms with E-state index in [1.165, 1.54) is 36.9 Å². The van der Waals surface area contributed by atoms with Gasteiger partial charge < -0.3 is 4.74 Å². The van der Waals surface area contributed by atoms with E-state index in [2.05, 4.69) is 11.1 Å².